The van der Waals surface area contributed by atoms with E-state index in [1.54, 1.807) is 12.3 Å². The fourth-order valence-electron chi connectivity index (χ4n) is 1.73. The molecule has 19 heavy (non-hydrogen) atoms. The van der Waals surface area contributed by atoms with Gasteiger partial charge in [0.15, 0.2) is 0 Å². The molecule has 0 atom stereocenters. The summed E-state index contributed by atoms with van der Waals surface area (Å²) in [6.07, 6.45) is 2.65. The van der Waals surface area contributed by atoms with Crippen molar-refractivity contribution < 1.29 is 0 Å². The third-order valence-electron chi connectivity index (χ3n) is 2.83. The topological polar surface area (TPSA) is 78.9 Å². The van der Waals surface area contributed by atoms with Crippen molar-refractivity contribution in [1.82, 2.24) is 9.97 Å². The summed E-state index contributed by atoms with van der Waals surface area (Å²) in [7, 11) is 1.97. The van der Waals surface area contributed by atoms with Gasteiger partial charge in [0.25, 0.3) is 0 Å². The number of hydrogen-bond acceptors (Lipinski definition) is 4. The number of pyridine rings is 2. The first-order chi connectivity index (χ1) is 9.16. The molecule has 0 aliphatic heterocycles. The van der Waals surface area contributed by atoms with Gasteiger partial charge < -0.3 is 10.6 Å². The van der Waals surface area contributed by atoms with Crippen LogP contribution < -0.4 is 10.6 Å². The van der Waals surface area contributed by atoms with E-state index in [2.05, 4.69) is 9.97 Å². The molecule has 3 N–H and O–H groups in total. The normalized spacial score (nSPS) is 10.2. The van der Waals surface area contributed by atoms with E-state index in [-0.39, 0.29) is 5.84 Å². The summed E-state index contributed by atoms with van der Waals surface area (Å²) in [4.78, 5) is 10.7. The Labute approximate surface area is 112 Å². The first-order valence-electron chi connectivity index (χ1n) is 6.09. The van der Waals surface area contributed by atoms with Gasteiger partial charge in [-0.15, -0.1) is 0 Å². The van der Waals surface area contributed by atoms with Crippen LogP contribution in [0.1, 0.15) is 11.4 Å². The van der Waals surface area contributed by atoms with E-state index in [0.29, 0.717) is 5.69 Å². The Morgan fingerprint density at radius 3 is 2.79 bits per heavy atom. The van der Waals surface area contributed by atoms with Crippen LogP contribution in [0.4, 0.5) is 5.82 Å². The van der Waals surface area contributed by atoms with E-state index < -0.39 is 0 Å². The highest BCUT2D eigenvalue weighted by molar-refractivity contribution is 5.93. The third-order valence-corrected chi connectivity index (χ3v) is 2.83. The average molecular weight is 255 g/mol. The number of nitrogens with one attached hydrogen (secondary N) is 1. The highest BCUT2D eigenvalue weighted by atomic mass is 15.2. The quantitative estimate of drug-likeness (QED) is 0.626. The number of nitrogen functional groups attached to an aromatic ring is 1. The lowest BCUT2D eigenvalue weighted by Gasteiger charge is -2.18. The summed E-state index contributed by atoms with van der Waals surface area (Å²) >= 11 is 0. The van der Waals surface area contributed by atoms with Gasteiger partial charge >= 0.3 is 0 Å². The van der Waals surface area contributed by atoms with Crippen LogP contribution in [0, 0.1) is 5.41 Å². The van der Waals surface area contributed by atoms with E-state index in [1.165, 1.54) is 0 Å². The molecule has 0 saturated heterocycles. The molecule has 2 aromatic rings. The zero-order valence-electron chi connectivity index (χ0n) is 10.9. The van der Waals surface area contributed by atoms with Gasteiger partial charge in [-0.3, -0.25) is 10.4 Å². The molecular weight excluding hydrogens is 238 g/mol. The van der Waals surface area contributed by atoms with Crippen LogP contribution in [0.25, 0.3) is 0 Å². The Bertz CT molecular complexity index is 553. The molecule has 2 rings (SSSR count). The van der Waals surface area contributed by atoms with Gasteiger partial charge in [-0.25, -0.2) is 4.98 Å². The van der Waals surface area contributed by atoms with Gasteiger partial charge in [0.1, 0.15) is 17.3 Å². The molecule has 0 aliphatic carbocycles. The molecule has 0 saturated carbocycles. The molecule has 2 aromatic heterocycles. The summed E-state index contributed by atoms with van der Waals surface area (Å²) in [5, 5.41) is 7.40. The molecule has 0 fully saturated rings. The van der Waals surface area contributed by atoms with Crippen molar-refractivity contribution in [2.75, 3.05) is 18.5 Å². The van der Waals surface area contributed by atoms with Crippen LogP contribution in [0.3, 0.4) is 0 Å². The smallest absolute Gasteiger partial charge is 0.141 e. The minimum atomic E-state index is -0.0139. The van der Waals surface area contributed by atoms with Crippen molar-refractivity contribution in [3.63, 3.8) is 0 Å². The van der Waals surface area contributed by atoms with Crippen LogP contribution in [0.5, 0.6) is 0 Å². The molecule has 0 aliphatic rings. The lowest BCUT2D eigenvalue weighted by molar-refractivity contribution is 0.838. The van der Waals surface area contributed by atoms with Crippen molar-refractivity contribution >= 4 is 11.7 Å². The maximum Gasteiger partial charge on any atom is 0.141 e. The monoisotopic (exact) mass is 255 g/mol. The zero-order valence-corrected chi connectivity index (χ0v) is 10.9. The molecule has 5 heteroatoms. The van der Waals surface area contributed by atoms with Crippen molar-refractivity contribution in [2.45, 2.75) is 6.42 Å². The SMILES string of the molecule is CN(CCc1ccccn1)c1cccc(C(=N)N)n1. The maximum absolute atomic E-state index is 7.40. The molecule has 98 valence electrons. The van der Waals surface area contributed by atoms with Crippen molar-refractivity contribution in [3.05, 3.63) is 54.0 Å². The second-order valence-corrected chi connectivity index (χ2v) is 4.29. The van der Waals surface area contributed by atoms with Gasteiger partial charge in [0.05, 0.1) is 0 Å². The van der Waals surface area contributed by atoms with E-state index in [0.717, 1.165) is 24.5 Å². The number of rotatable bonds is 5. The van der Waals surface area contributed by atoms with Crippen molar-refractivity contribution in [2.24, 2.45) is 5.73 Å². The Kier molecular flexibility index (Phi) is 4.07. The largest absolute Gasteiger partial charge is 0.382 e. The highest BCUT2D eigenvalue weighted by Crippen LogP contribution is 2.10. The third kappa shape index (κ3) is 3.51. The van der Waals surface area contributed by atoms with Crippen LogP contribution in [0.15, 0.2) is 42.6 Å². The van der Waals surface area contributed by atoms with Gasteiger partial charge in [0, 0.05) is 31.9 Å². The van der Waals surface area contributed by atoms with Crippen LogP contribution in [-0.4, -0.2) is 29.4 Å². The molecule has 2 heterocycles. The van der Waals surface area contributed by atoms with Gasteiger partial charge in [0.2, 0.25) is 0 Å². The lowest BCUT2D eigenvalue weighted by atomic mass is 10.2. The fourth-order valence-corrected chi connectivity index (χ4v) is 1.73. The minimum Gasteiger partial charge on any atom is -0.382 e. The summed E-state index contributed by atoms with van der Waals surface area (Å²) < 4.78 is 0. The predicted molar refractivity (Wildman–Crippen MR) is 76.5 cm³/mol. The van der Waals surface area contributed by atoms with E-state index in [4.69, 9.17) is 11.1 Å². The summed E-state index contributed by atoms with van der Waals surface area (Å²) in [5.41, 5.74) is 6.99. The molecule has 0 bridgehead atoms. The standard InChI is InChI=1S/C14H17N5/c1-19(10-8-11-5-2-3-9-17-11)13-7-4-6-12(18-13)14(15)16/h2-7,9H,8,10H2,1H3,(H3,15,16). The summed E-state index contributed by atoms with van der Waals surface area (Å²) in [6.45, 7) is 0.811. The molecule has 5 nitrogen and oxygen atoms in total. The van der Waals surface area contributed by atoms with E-state index >= 15 is 0 Å². The molecule has 0 aromatic carbocycles. The zero-order chi connectivity index (χ0) is 13.7. The van der Waals surface area contributed by atoms with Gasteiger partial charge in [-0.1, -0.05) is 12.1 Å². The Morgan fingerprint density at radius 2 is 2.11 bits per heavy atom. The average Bonchev–Trinajstić information content (AvgIpc) is 2.46. The fraction of sp³-hybridized carbons (Fsp3) is 0.214. The Hall–Kier alpha value is -2.43. The van der Waals surface area contributed by atoms with E-state index in [1.807, 2.05) is 42.3 Å². The molecular formula is C14H17N5. The number of hydrogen-bond donors (Lipinski definition) is 2. The Balaban J connectivity index is 2.02. The maximum atomic E-state index is 7.40. The minimum absolute atomic E-state index is 0.0139. The molecule has 0 spiro atoms. The second kappa shape index (κ2) is 5.95. The van der Waals surface area contributed by atoms with Crippen LogP contribution in [0.2, 0.25) is 0 Å². The van der Waals surface area contributed by atoms with Gasteiger partial charge in [-0.05, 0) is 24.3 Å². The molecule has 0 unspecified atom stereocenters. The number of amidine groups is 1. The highest BCUT2D eigenvalue weighted by Gasteiger charge is 2.05. The second-order valence-electron chi connectivity index (χ2n) is 4.29. The number of anilines is 1. The Morgan fingerprint density at radius 1 is 1.26 bits per heavy atom. The van der Waals surface area contributed by atoms with E-state index in [9.17, 15) is 0 Å². The lowest BCUT2D eigenvalue weighted by Crippen LogP contribution is -2.23. The molecule has 0 amide bonds. The number of nitrogens with two attached hydrogens (primary N) is 1. The van der Waals surface area contributed by atoms with Crippen LogP contribution in [-0.2, 0) is 6.42 Å². The number of aromatic nitrogens is 2. The van der Waals surface area contributed by atoms with Crippen molar-refractivity contribution in [3.8, 4) is 0 Å². The number of nitrogens with zero attached hydrogens (tertiary/aromatic N) is 3. The summed E-state index contributed by atoms with van der Waals surface area (Å²) in [5.74, 6) is 0.795. The first-order valence-corrected chi connectivity index (χ1v) is 6.09. The predicted octanol–water partition coefficient (Wildman–Crippen LogP) is 1.44. The molecule has 0 radical (unpaired) electrons. The number of likely N-dealkylation sites (N-methyl/N-ethyl adjacent to an activating group) is 1. The van der Waals surface area contributed by atoms with Gasteiger partial charge in [-0.2, -0.15) is 0 Å². The first kappa shape index (κ1) is 13.0. The summed E-state index contributed by atoms with van der Waals surface area (Å²) in [6, 6.07) is 11.4. The van der Waals surface area contributed by atoms with Crippen molar-refractivity contribution in [1.29, 1.82) is 5.41 Å². The van der Waals surface area contributed by atoms with Crippen LogP contribution >= 0.6 is 0 Å².